The van der Waals surface area contributed by atoms with Gasteiger partial charge in [0.15, 0.2) is 5.70 Å². The number of halogens is 1. The van der Waals surface area contributed by atoms with Crippen molar-refractivity contribution in [3.05, 3.63) is 102 Å². The molecule has 1 aliphatic rings. The van der Waals surface area contributed by atoms with E-state index in [0.29, 0.717) is 5.56 Å². The van der Waals surface area contributed by atoms with Crippen LogP contribution >= 0.6 is 0 Å². The van der Waals surface area contributed by atoms with Crippen molar-refractivity contribution in [3.63, 3.8) is 0 Å². The Hall–Kier alpha value is -3.53. The number of aliphatic imine (C=N–C) groups is 1. The number of hydrogen-bond donors (Lipinski definition) is 0. The minimum absolute atomic E-state index is 0.113. The molecule has 3 nitrogen and oxygen atoms in total. The molecule has 0 spiro atoms. The molecule has 3 aromatic rings. The number of ether oxygens (including phenoxy) is 1. The first-order valence-electron chi connectivity index (χ1n) is 8.13. The van der Waals surface area contributed by atoms with Crippen LogP contribution in [0.4, 0.5) is 4.39 Å². The lowest BCUT2D eigenvalue weighted by molar-refractivity contribution is -0.129. The lowest BCUT2D eigenvalue weighted by atomic mass is 10.0. The van der Waals surface area contributed by atoms with Gasteiger partial charge in [0.1, 0.15) is 5.82 Å². The van der Waals surface area contributed by atoms with Gasteiger partial charge in [0.05, 0.1) is 0 Å². The minimum atomic E-state index is -0.545. The van der Waals surface area contributed by atoms with Gasteiger partial charge in [0.25, 0.3) is 0 Å². The Morgan fingerprint density at radius 3 is 2.23 bits per heavy atom. The van der Waals surface area contributed by atoms with E-state index in [1.54, 1.807) is 18.2 Å². The molecule has 0 saturated carbocycles. The van der Waals surface area contributed by atoms with Crippen molar-refractivity contribution in [3.8, 4) is 11.1 Å². The van der Waals surface area contributed by atoms with E-state index < -0.39 is 11.8 Å². The molecule has 0 atom stereocenters. The van der Waals surface area contributed by atoms with Crippen LogP contribution in [0.1, 0.15) is 11.1 Å². The Morgan fingerprint density at radius 1 is 0.808 bits per heavy atom. The first-order valence-corrected chi connectivity index (χ1v) is 8.13. The van der Waals surface area contributed by atoms with Crippen molar-refractivity contribution >= 4 is 17.9 Å². The summed E-state index contributed by atoms with van der Waals surface area (Å²) in [5.41, 5.74) is 3.67. The summed E-state index contributed by atoms with van der Waals surface area (Å²) >= 11 is 0. The number of cyclic esters (lactones) is 1. The SMILES string of the molecule is O=C1OC(c2cccc(F)c2)=NC1=Cc1ccc(-c2ccccc2)cc1. The largest absolute Gasteiger partial charge is 0.402 e. The number of hydrogen-bond acceptors (Lipinski definition) is 3. The van der Waals surface area contributed by atoms with Gasteiger partial charge < -0.3 is 4.74 Å². The molecule has 4 rings (SSSR count). The molecule has 0 radical (unpaired) electrons. The zero-order chi connectivity index (χ0) is 17.9. The van der Waals surface area contributed by atoms with Gasteiger partial charge in [0.2, 0.25) is 5.90 Å². The second-order valence-electron chi connectivity index (χ2n) is 5.83. The highest BCUT2D eigenvalue weighted by atomic mass is 19.1. The van der Waals surface area contributed by atoms with Crippen molar-refractivity contribution < 1.29 is 13.9 Å². The van der Waals surface area contributed by atoms with Crippen LogP contribution in [0.3, 0.4) is 0 Å². The first-order chi connectivity index (χ1) is 12.7. The molecule has 4 heteroatoms. The molecule has 1 heterocycles. The van der Waals surface area contributed by atoms with Crippen LogP contribution in [-0.4, -0.2) is 11.9 Å². The molecule has 0 amide bonds. The molecule has 1 aliphatic heterocycles. The lowest BCUT2D eigenvalue weighted by Crippen LogP contribution is -2.05. The molecule has 0 bridgehead atoms. The maximum atomic E-state index is 13.3. The summed E-state index contributed by atoms with van der Waals surface area (Å²) in [6.45, 7) is 0. The Kier molecular flexibility index (Phi) is 4.15. The second kappa shape index (κ2) is 6.76. The van der Waals surface area contributed by atoms with E-state index in [4.69, 9.17) is 4.74 Å². The normalized spacial score (nSPS) is 15.0. The summed E-state index contributed by atoms with van der Waals surface area (Å²) < 4.78 is 18.5. The zero-order valence-corrected chi connectivity index (χ0v) is 13.7. The number of rotatable bonds is 3. The maximum absolute atomic E-state index is 13.3. The molecule has 0 aliphatic carbocycles. The fourth-order valence-corrected chi connectivity index (χ4v) is 2.71. The third-order valence-electron chi connectivity index (χ3n) is 4.01. The van der Waals surface area contributed by atoms with Gasteiger partial charge in [-0.2, -0.15) is 0 Å². The molecular weight excluding hydrogens is 329 g/mol. The van der Waals surface area contributed by atoms with Crippen molar-refractivity contribution in [1.82, 2.24) is 0 Å². The second-order valence-corrected chi connectivity index (χ2v) is 5.83. The number of carbonyl (C=O) groups excluding carboxylic acids is 1. The minimum Gasteiger partial charge on any atom is -0.402 e. The third kappa shape index (κ3) is 3.30. The van der Waals surface area contributed by atoms with Gasteiger partial charge in [-0.3, -0.25) is 0 Å². The highest BCUT2D eigenvalue weighted by Gasteiger charge is 2.24. The van der Waals surface area contributed by atoms with Crippen LogP contribution in [0, 0.1) is 5.82 Å². The fourth-order valence-electron chi connectivity index (χ4n) is 2.71. The van der Waals surface area contributed by atoms with Crippen LogP contribution in [0.5, 0.6) is 0 Å². The van der Waals surface area contributed by atoms with Crippen molar-refractivity contribution in [2.24, 2.45) is 4.99 Å². The van der Waals surface area contributed by atoms with E-state index in [1.165, 1.54) is 12.1 Å². The fraction of sp³-hybridized carbons (Fsp3) is 0. The van der Waals surface area contributed by atoms with Crippen LogP contribution in [0.25, 0.3) is 17.2 Å². The average molecular weight is 343 g/mol. The van der Waals surface area contributed by atoms with E-state index in [0.717, 1.165) is 16.7 Å². The lowest BCUT2D eigenvalue weighted by Gasteiger charge is -2.01. The Labute approximate surface area is 150 Å². The molecule has 0 N–H and O–H groups in total. The Balaban J connectivity index is 1.60. The van der Waals surface area contributed by atoms with E-state index in [1.807, 2.05) is 54.6 Å². The standard InChI is InChI=1S/C22H14FNO2/c23-19-8-4-7-18(14-19)21-24-20(22(25)26-21)13-15-9-11-17(12-10-15)16-5-2-1-3-6-16/h1-14H. The topological polar surface area (TPSA) is 38.7 Å². The zero-order valence-electron chi connectivity index (χ0n) is 13.7. The first kappa shape index (κ1) is 16.0. The molecule has 26 heavy (non-hydrogen) atoms. The predicted octanol–water partition coefficient (Wildman–Crippen LogP) is 4.84. The average Bonchev–Trinajstić information content (AvgIpc) is 3.04. The van der Waals surface area contributed by atoms with Crippen LogP contribution in [0.15, 0.2) is 89.6 Å². The summed E-state index contributed by atoms with van der Waals surface area (Å²) in [5.74, 6) is -0.840. The molecule has 0 aromatic heterocycles. The molecular formula is C22H14FNO2. The van der Waals surface area contributed by atoms with Gasteiger partial charge in [-0.25, -0.2) is 14.2 Å². The Morgan fingerprint density at radius 2 is 1.50 bits per heavy atom. The number of benzene rings is 3. The van der Waals surface area contributed by atoms with Crippen LogP contribution < -0.4 is 0 Å². The number of nitrogens with zero attached hydrogens (tertiary/aromatic N) is 1. The molecule has 126 valence electrons. The van der Waals surface area contributed by atoms with Crippen LogP contribution in [0.2, 0.25) is 0 Å². The van der Waals surface area contributed by atoms with E-state index in [2.05, 4.69) is 4.99 Å². The van der Waals surface area contributed by atoms with Crippen molar-refractivity contribution in [2.45, 2.75) is 0 Å². The monoisotopic (exact) mass is 343 g/mol. The maximum Gasteiger partial charge on any atom is 0.363 e. The van der Waals surface area contributed by atoms with Gasteiger partial charge in [-0.05, 0) is 41.0 Å². The molecule has 0 unspecified atom stereocenters. The highest BCUT2D eigenvalue weighted by Crippen LogP contribution is 2.22. The predicted molar refractivity (Wildman–Crippen MR) is 98.9 cm³/mol. The van der Waals surface area contributed by atoms with Crippen LogP contribution in [-0.2, 0) is 9.53 Å². The number of esters is 1. The van der Waals surface area contributed by atoms with E-state index >= 15 is 0 Å². The van der Waals surface area contributed by atoms with Gasteiger partial charge in [-0.15, -0.1) is 0 Å². The summed E-state index contributed by atoms with van der Waals surface area (Å²) in [4.78, 5) is 16.2. The summed E-state index contributed by atoms with van der Waals surface area (Å²) in [5, 5.41) is 0. The molecule has 0 fully saturated rings. The van der Waals surface area contributed by atoms with E-state index in [-0.39, 0.29) is 11.6 Å². The van der Waals surface area contributed by atoms with Gasteiger partial charge in [0, 0.05) is 5.56 Å². The number of carbonyl (C=O) groups is 1. The summed E-state index contributed by atoms with van der Waals surface area (Å²) in [6, 6.07) is 23.6. The molecule has 0 saturated heterocycles. The van der Waals surface area contributed by atoms with Crippen molar-refractivity contribution in [1.29, 1.82) is 0 Å². The molecule has 3 aromatic carbocycles. The van der Waals surface area contributed by atoms with Gasteiger partial charge in [-0.1, -0.05) is 60.7 Å². The Bertz CT molecular complexity index is 1020. The highest BCUT2D eigenvalue weighted by molar-refractivity contribution is 6.12. The van der Waals surface area contributed by atoms with Crippen molar-refractivity contribution in [2.75, 3.05) is 0 Å². The van der Waals surface area contributed by atoms with E-state index in [9.17, 15) is 9.18 Å². The summed E-state index contributed by atoms with van der Waals surface area (Å²) in [7, 11) is 0. The summed E-state index contributed by atoms with van der Waals surface area (Å²) in [6.07, 6.45) is 1.66. The smallest absolute Gasteiger partial charge is 0.363 e. The third-order valence-corrected chi connectivity index (χ3v) is 4.01. The van der Waals surface area contributed by atoms with Gasteiger partial charge >= 0.3 is 5.97 Å². The quantitative estimate of drug-likeness (QED) is 0.504.